The van der Waals surface area contributed by atoms with Crippen LogP contribution in [0.2, 0.25) is 10.6 Å². The first-order chi connectivity index (χ1) is 12.7. The van der Waals surface area contributed by atoms with E-state index in [2.05, 4.69) is 51.4 Å². The molecule has 3 aromatic carbocycles. The van der Waals surface area contributed by atoms with Crippen LogP contribution in [0.3, 0.4) is 0 Å². The normalized spacial score (nSPS) is 10.7. The third kappa shape index (κ3) is 3.59. The Morgan fingerprint density at radius 2 is 0.962 bits per heavy atom. The van der Waals surface area contributed by atoms with Crippen LogP contribution < -0.4 is 0 Å². The summed E-state index contributed by atoms with van der Waals surface area (Å²) >= 11 is 11.7. The molecule has 0 aliphatic rings. The Morgan fingerprint density at radius 1 is 0.462 bits per heavy atom. The van der Waals surface area contributed by atoms with Crippen LogP contribution in [0.25, 0.3) is 33.6 Å². The first kappa shape index (κ1) is 16.7. The molecule has 126 valence electrons. The Kier molecular flexibility index (Phi) is 4.65. The van der Waals surface area contributed by atoms with Crippen LogP contribution in [0.4, 0.5) is 0 Å². The molecule has 0 spiro atoms. The Labute approximate surface area is 161 Å². The Balaban J connectivity index is 1.67. The second-order valence-corrected chi connectivity index (χ2v) is 6.40. The standard InChI is InChI=1S/C21H13Cl2N3/c22-20-24-19(25-21(23)26-20)16-11-9-15(10-12-16)18-8-4-7-17(13-18)14-5-2-1-3-6-14/h1-13H. The zero-order chi connectivity index (χ0) is 17.9. The van der Waals surface area contributed by atoms with E-state index in [9.17, 15) is 0 Å². The largest absolute Gasteiger partial charge is 0.227 e. The van der Waals surface area contributed by atoms with Gasteiger partial charge in [-0.15, -0.1) is 0 Å². The SMILES string of the molecule is Clc1nc(Cl)nc(-c2ccc(-c3cccc(-c4ccccc4)c3)cc2)n1. The van der Waals surface area contributed by atoms with Crippen molar-refractivity contribution in [2.75, 3.05) is 0 Å². The molecule has 0 amide bonds. The van der Waals surface area contributed by atoms with Crippen LogP contribution in [0.1, 0.15) is 0 Å². The second kappa shape index (κ2) is 7.24. The van der Waals surface area contributed by atoms with Crippen LogP contribution in [0, 0.1) is 0 Å². The smallest absolute Gasteiger partial charge is 0.198 e. The molecule has 4 rings (SSSR count). The van der Waals surface area contributed by atoms with E-state index in [1.807, 2.05) is 42.5 Å². The van der Waals surface area contributed by atoms with E-state index in [4.69, 9.17) is 23.2 Å². The van der Waals surface area contributed by atoms with E-state index in [-0.39, 0.29) is 10.6 Å². The lowest BCUT2D eigenvalue weighted by atomic mass is 9.98. The molecule has 0 fully saturated rings. The van der Waals surface area contributed by atoms with Crippen LogP contribution in [-0.2, 0) is 0 Å². The molecule has 0 saturated heterocycles. The van der Waals surface area contributed by atoms with Gasteiger partial charge in [0.1, 0.15) is 0 Å². The quantitative estimate of drug-likeness (QED) is 0.427. The number of hydrogen-bond acceptors (Lipinski definition) is 3. The topological polar surface area (TPSA) is 38.7 Å². The van der Waals surface area contributed by atoms with Crippen molar-refractivity contribution in [3.05, 3.63) is 89.4 Å². The predicted molar refractivity (Wildman–Crippen MR) is 106 cm³/mol. The summed E-state index contributed by atoms with van der Waals surface area (Å²) in [6.45, 7) is 0. The Hall–Kier alpha value is -2.75. The van der Waals surface area contributed by atoms with Crippen molar-refractivity contribution in [2.24, 2.45) is 0 Å². The first-order valence-corrected chi connectivity index (χ1v) is 8.78. The zero-order valence-electron chi connectivity index (χ0n) is 13.6. The summed E-state index contributed by atoms with van der Waals surface area (Å²) in [7, 11) is 0. The summed E-state index contributed by atoms with van der Waals surface area (Å²) in [6.07, 6.45) is 0. The van der Waals surface area contributed by atoms with Crippen molar-refractivity contribution in [3.8, 4) is 33.6 Å². The summed E-state index contributed by atoms with van der Waals surface area (Å²) in [5, 5.41) is 0.166. The molecular weight excluding hydrogens is 365 g/mol. The van der Waals surface area contributed by atoms with E-state index in [0.717, 1.165) is 16.7 Å². The summed E-state index contributed by atoms with van der Waals surface area (Å²) in [5.74, 6) is 0.458. The molecule has 0 saturated carbocycles. The van der Waals surface area contributed by atoms with Gasteiger partial charge in [-0.3, -0.25) is 0 Å². The van der Waals surface area contributed by atoms with Crippen molar-refractivity contribution in [1.82, 2.24) is 15.0 Å². The number of halogens is 2. The van der Waals surface area contributed by atoms with E-state index in [0.29, 0.717) is 5.82 Å². The van der Waals surface area contributed by atoms with Gasteiger partial charge in [0.25, 0.3) is 0 Å². The van der Waals surface area contributed by atoms with Gasteiger partial charge in [-0.25, -0.2) is 0 Å². The zero-order valence-corrected chi connectivity index (χ0v) is 15.1. The molecule has 0 radical (unpaired) electrons. The van der Waals surface area contributed by atoms with E-state index in [1.54, 1.807) is 0 Å². The molecule has 0 unspecified atom stereocenters. The van der Waals surface area contributed by atoms with Crippen molar-refractivity contribution in [1.29, 1.82) is 0 Å². The minimum absolute atomic E-state index is 0.0830. The lowest BCUT2D eigenvalue weighted by molar-refractivity contribution is 1.06. The fourth-order valence-electron chi connectivity index (χ4n) is 2.78. The molecule has 0 atom stereocenters. The van der Waals surface area contributed by atoms with Crippen molar-refractivity contribution in [3.63, 3.8) is 0 Å². The highest BCUT2D eigenvalue weighted by molar-refractivity contribution is 6.31. The van der Waals surface area contributed by atoms with Crippen LogP contribution >= 0.6 is 23.2 Å². The summed E-state index contributed by atoms with van der Waals surface area (Å²) in [6, 6.07) is 26.7. The fourth-order valence-corrected chi connectivity index (χ4v) is 3.14. The number of benzene rings is 3. The summed E-state index contributed by atoms with van der Waals surface area (Å²) in [5.41, 5.74) is 5.46. The fraction of sp³-hybridized carbons (Fsp3) is 0. The molecule has 0 bridgehead atoms. The van der Waals surface area contributed by atoms with E-state index >= 15 is 0 Å². The number of rotatable bonds is 3. The number of nitrogens with zero attached hydrogens (tertiary/aromatic N) is 3. The highest BCUT2D eigenvalue weighted by Gasteiger charge is 2.07. The Morgan fingerprint density at radius 3 is 1.58 bits per heavy atom. The Bertz CT molecular complexity index is 1030. The van der Waals surface area contributed by atoms with Crippen LogP contribution in [-0.4, -0.2) is 15.0 Å². The highest BCUT2D eigenvalue weighted by Crippen LogP contribution is 2.28. The maximum Gasteiger partial charge on any atom is 0.227 e. The lowest BCUT2D eigenvalue weighted by Gasteiger charge is -2.07. The van der Waals surface area contributed by atoms with Gasteiger partial charge in [0.2, 0.25) is 10.6 Å². The predicted octanol–water partition coefficient (Wildman–Crippen LogP) is 6.18. The van der Waals surface area contributed by atoms with E-state index < -0.39 is 0 Å². The average molecular weight is 378 g/mol. The average Bonchev–Trinajstić information content (AvgIpc) is 2.68. The molecule has 1 aromatic heterocycles. The van der Waals surface area contributed by atoms with Gasteiger partial charge in [0.15, 0.2) is 5.82 Å². The van der Waals surface area contributed by atoms with Gasteiger partial charge in [-0.2, -0.15) is 15.0 Å². The second-order valence-electron chi connectivity index (χ2n) is 5.72. The monoisotopic (exact) mass is 377 g/mol. The lowest BCUT2D eigenvalue weighted by Crippen LogP contribution is -1.93. The molecule has 1 heterocycles. The molecule has 0 N–H and O–H groups in total. The highest BCUT2D eigenvalue weighted by atomic mass is 35.5. The van der Waals surface area contributed by atoms with Crippen molar-refractivity contribution >= 4 is 23.2 Å². The van der Waals surface area contributed by atoms with Crippen LogP contribution in [0.5, 0.6) is 0 Å². The molecular formula is C21H13Cl2N3. The van der Waals surface area contributed by atoms with E-state index in [1.165, 1.54) is 11.1 Å². The number of hydrogen-bond donors (Lipinski definition) is 0. The first-order valence-electron chi connectivity index (χ1n) is 8.02. The van der Waals surface area contributed by atoms with Crippen molar-refractivity contribution in [2.45, 2.75) is 0 Å². The van der Waals surface area contributed by atoms with Gasteiger partial charge in [-0.05, 0) is 51.5 Å². The van der Waals surface area contributed by atoms with Crippen molar-refractivity contribution < 1.29 is 0 Å². The molecule has 5 heteroatoms. The van der Waals surface area contributed by atoms with Gasteiger partial charge in [-0.1, -0.05) is 72.8 Å². The minimum atomic E-state index is 0.0830. The molecule has 4 aromatic rings. The summed E-state index contributed by atoms with van der Waals surface area (Å²) < 4.78 is 0. The third-order valence-electron chi connectivity index (χ3n) is 4.03. The molecule has 26 heavy (non-hydrogen) atoms. The molecule has 0 aliphatic heterocycles. The van der Waals surface area contributed by atoms with Gasteiger partial charge >= 0.3 is 0 Å². The minimum Gasteiger partial charge on any atom is -0.198 e. The summed E-state index contributed by atoms with van der Waals surface area (Å²) in [4.78, 5) is 12.0. The molecule has 3 nitrogen and oxygen atoms in total. The van der Waals surface area contributed by atoms with Gasteiger partial charge in [0.05, 0.1) is 0 Å². The van der Waals surface area contributed by atoms with Gasteiger partial charge < -0.3 is 0 Å². The maximum atomic E-state index is 5.86. The third-order valence-corrected chi connectivity index (χ3v) is 4.37. The van der Waals surface area contributed by atoms with Crippen LogP contribution in [0.15, 0.2) is 78.9 Å². The maximum absolute atomic E-state index is 5.86. The van der Waals surface area contributed by atoms with Gasteiger partial charge in [0, 0.05) is 5.56 Å². The number of aromatic nitrogens is 3. The molecule has 0 aliphatic carbocycles.